The lowest BCUT2D eigenvalue weighted by Gasteiger charge is -2.45. The number of aliphatic hydroxyl groups is 5. The summed E-state index contributed by atoms with van der Waals surface area (Å²) < 4.78 is 10.9. The highest BCUT2D eigenvalue weighted by Crippen LogP contribution is 2.32. The van der Waals surface area contributed by atoms with Crippen LogP contribution in [0.1, 0.15) is 6.42 Å². The predicted molar refractivity (Wildman–Crippen MR) is 88.1 cm³/mol. The van der Waals surface area contributed by atoms with Gasteiger partial charge in [0.05, 0.1) is 37.0 Å². The van der Waals surface area contributed by atoms with Crippen LogP contribution < -0.4 is 0 Å². The van der Waals surface area contributed by atoms with E-state index in [2.05, 4.69) is 30.1 Å². The monoisotopic (exact) mass is 401 g/mol. The van der Waals surface area contributed by atoms with E-state index in [4.69, 9.17) is 26.1 Å². The number of nitrogens with zero attached hydrogens (tertiary/aromatic N) is 9. The van der Waals surface area contributed by atoms with Crippen molar-refractivity contribution in [1.82, 2.24) is 0 Å². The third-order valence-corrected chi connectivity index (χ3v) is 4.67. The predicted octanol–water partition coefficient (Wildman–Crippen LogP) is -1.03. The molecule has 0 bridgehead atoms. The second-order valence-corrected chi connectivity index (χ2v) is 6.26. The molecule has 5 N–H and O–H groups in total. The normalized spacial score (nSPS) is 43.2. The number of azide groups is 3. The first-order valence-electron chi connectivity index (χ1n) is 8.16. The van der Waals surface area contributed by atoms with Crippen LogP contribution in [0.4, 0.5) is 0 Å². The molecule has 16 heteroatoms. The van der Waals surface area contributed by atoms with Gasteiger partial charge in [-0.15, -0.1) is 0 Å². The Bertz CT molecular complexity index is 693. The van der Waals surface area contributed by atoms with Crippen LogP contribution in [0.5, 0.6) is 0 Å². The lowest BCUT2D eigenvalue weighted by Crippen LogP contribution is -2.62. The topological polar surface area (TPSA) is 266 Å². The summed E-state index contributed by atoms with van der Waals surface area (Å²) in [5, 5.41) is 60.0. The molecular formula is C12H19N9O7. The minimum atomic E-state index is -1.69. The Kier molecular flexibility index (Phi) is 7.62. The number of ether oxygens (including phenoxy) is 2. The smallest absolute Gasteiger partial charge is 0.169 e. The maximum Gasteiger partial charge on any atom is 0.169 e. The van der Waals surface area contributed by atoms with E-state index < -0.39 is 67.6 Å². The van der Waals surface area contributed by atoms with Gasteiger partial charge >= 0.3 is 0 Å². The fourth-order valence-electron chi connectivity index (χ4n) is 3.22. The molecule has 0 spiro atoms. The van der Waals surface area contributed by atoms with Gasteiger partial charge in [0.1, 0.15) is 24.4 Å². The van der Waals surface area contributed by atoms with Gasteiger partial charge in [0, 0.05) is 14.7 Å². The van der Waals surface area contributed by atoms with E-state index in [1.807, 2.05) is 0 Å². The lowest BCUT2D eigenvalue weighted by molar-refractivity contribution is -0.293. The zero-order valence-electron chi connectivity index (χ0n) is 14.3. The highest BCUT2D eigenvalue weighted by atomic mass is 16.7. The minimum Gasteiger partial charge on any atom is -0.394 e. The van der Waals surface area contributed by atoms with Gasteiger partial charge in [-0.3, -0.25) is 0 Å². The van der Waals surface area contributed by atoms with Crippen molar-refractivity contribution >= 4 is 0 Å². The van der Waals surface area contributed by atoms with Crippen molar-refractivity contribution in [3.05, 3.63) is 31.3 Å². The summed E-state index contributed by atoms with van der Waals surface area (Å²) in [7, 11) is 0. The molecule has 1 aliphatic carbocycles. The molecule has 154 valence electrons. The van der Waals surface area contributed by atoms with Crippen LogP contribution in [-0.4, -0.2) is 93.2 Å². The molecule has 0 amide bonds. The van der Waals surface area contributed by atoms with E-state index in [1.165, 1.54) is 0 Å². The molecule has 0 radical (unpaired) electrons. The quantitative estimate of drug-likeness (QED) is 0.209. The Morgan fingerprint density at radius 2 is 1.46 bits per heavy atom. The van der Waals surface area contributed by atoms with Gasteiger partial charge < -0.3 is 35.0 Å². The average Bonchev–Trinajstić information content (AvgIpc) is 2.68. The van der Waals surface area contributed by atoms with E-state index in [1.54, 1.807) is 0 Å². The average molecular weight is 401 g/mol. The first-order valence-corrected chi connectivity index (χ1v) is 8.16. The summed E-state index contributed by atoms with van der Waals surface area (Å²) in [6.07, 6.45) is -10.9. The third kappa shape index (κ3) is 4.38. The van der Waals surface area contributed by atoms with Crippen molar-refractivity contribution in [1.29, 1.82) is 0 Å². The molecule has 0 aromatic rings. The second-order valence-electron chi connectivity index (χ2n) is 6.26. The second kappa shape index (κ2) is 9.73. The van der Waals surface area contributed by atoms with Crippen LogP contribution in [-0.2, 0) is 9.47 Å². The SMILES string of the molecule is [N-]=[N+]=NC1[C@H](O[C@H]2C(N=[N+]=[N-])C[C@@H](N=[N+]=[N-])C(O)[C@H]2O)OC(CO)[C@H](O)[C@@H]1O. The molecule has 28 heavy (non-hydrogen) atoms. The van der Waals surface area contributed by atoms with Gasteiger partial charge in [-0.2, -0.15) is 0 Å². The zero-order valence-corrected chi connectivity index (χ0v) is 14.3. The number of rotatable bonds is 6. The molecule has 1 saturated heterocycles. The number of aliphatic hydroxyl groups excluding tert-OH is 5. The van der Waals surface area contributed by atoms with Gasteiger partial charge in [0.2, 0.25) is 0 Å². The van der Waals surface area contributed by atoms with Gasteiger partial charge in [-0.05, 0) is 23.0 Å². The highest BCUT2D eigenvalue weighted by Gasteiger charge is 2.49. The summed E-state index contributed by atoms with van der Waals surface area (Å²) in [6, 6.07) is -3.66. The molecular weight excluding hydrogens is 382 g/mol. The molecule has 1 aliphatic heterocycles. The Morgan fingerprint density at radius 1 is 0.857 bits per heavy atom. The van der Waals surface area contributed by atoms with Crippen LogP contribution in [0.25, 0.3) is 31.3 Å². The van der Waals surface area contributed by atoms with E-state index >= 15 is 0 Å². The first kappa shape index (κ1) is 21.9. The van der Waals surface area contributed by atoms with Crippen molar-refractivity contribution in [2.75, 3.05) is 6.61 Å². The molecule has 1 saturated carbocycles. The van der Waals surface area contributed by atoms with Gasteiger partial charge in [0.25, 0.3) is 0 Å². The van der Waals surface area contributed by atoms with Gasteiger partial charge in [0.15, 0.2) is 6.29 Å². The van der Waals surface area contributed by atoms with Crippen LogP contribution in [0.15, 0.2) is 15.3 Å². The van der Waals surface area contributed by atoms with E-state index in [0.717, 1.165) is 0 Å². The standard InChI is InChI=1S/C12H19N9O7/c13-19-16-3-1-4(17-20-14)11(10(26)7(3)23)28-12-6(18-21-15)9(25)8(24)5(2-22)27-12/h3-12,22-26H,1-2H2/t3-,4?,5?,6?,7?,8+,9-,10-,11+,12+/m1/s1. The summed E-state index contributed by atoms with van der Waals surface area (Å²) >= 11 is 0. The summed E-state index contributed by atoms with van der Waals surface area (Å²) in [5.41, 5.74) is 26.0. The summed E-state index contributed by atoms with van der Waals surface area (Å²) in [4.78, 5) is 7.75. The molecule has 4 unspecified atom stereocenters. The third-order valence-electron chi connectivity index (χ3n) is 4.67. The Morgan fingerprint density at radius 3 is 2.04 bits per heavy atom. The Labute approximate surface area is 156 Å². The molecule has 10 atom stereocenters. The van der Waals surface area contributed by atoms with Crippen LogP contribution in [0, 0.1) is 0 Å². The molecule has 0 aromatic heterocycles. The Balaban J connectivity index is 2.31. The van der Waals surface area contributed by atoms with Crippen molar-refractivity contribution < 1.29 is 35.0 Å². The maximum atomic E-state index is 10.4. The van der Waals surface area contributed by atoms with Gasteiger partial charge in [-0.1, -0.05) is 15.3 Å². The van der Waals surface area contributed by atoms with Crippen molar-refractivity contribution in [2.24, 2.45) is 15.3 Å². The molecule has 2 fully saturated rings. The fraction of sp³-hybridized carbons (Fsp3) is 1.00. The lowest BCUT2D eigenvalue weighted by atomic mass is 9.84. The van der Waals surface area contributed by atoms with Crippen LogP contribution in [0.2, 0.25) is 0 Å². The fourth-order valence-corrected chi connectivity index (χ4v) is 3.22. The van der Waals surface area contributed by atoms with Crippen LogP contribution in [0.3, 0.4) is 0 Å². The highest BCUT2D eigenvalue weighted by molar-refractivity contribution is 5.02. The number of hydrogen-bond donors (Lipinski definition) is 5. The molecule has 0 aromatic carbocycles. The molecule has 16 nitrogen and oxygen atoms in total. The van der Waals surface area contributed by atoms with E-state index in [9.17, 15) is 25.5 Å². The molecule has 2 aliphatic rings. The Hall–Kier alpha value is -2.35. The maximum absolute atomic E-state index is 10.4. The minimum absolute atomic E-state index is 0.162. The number of hydrogen-bond acceptors (Lipinski definition) is 10. The summed E-state index contributed by atoms with van der Waals surface area (Å²) in [6.45, 7) is -0.699. The molecule has 2 rings (SSSR count). The van der Waals surface area contributed by atoms with Crippen molar-refractivity contribution in [3.8, 4) is 0 Å². The van der Waals surface area contributed by atoms with E-state index in [0.29, 0.717) is 0 Å². The largest absolute Gasteiger partial charge is 0.394 e. The van der Waals surface area contributed by atoms with E-state index in [-0.39, 0.29) is 6.42 Å². The van der Waals surface area contributed by atoms with Gasteiger partial charge in [-0.25, -0.2) is 0 Å². The first-order chi connectivity index (χ1) is 13.4. The zero-order chi connectivity index (χ0) is 20.8. The van der Waals surface area contributed by atoms with Crippen LogP contribution >= 0.6 is 0 Å². The van der Waals surface area contributed by atoms with Crippen molar-refractivity contribution in [2.45, 2.75) is 67.5 Å². The summed E-state index contributed by atoms with van der Waals surface area (Å²) in [5.74, 6) is 0. The molecule has 1 heterocycles. The van der Waals surface area contributed by atoms with Crippen molar-refractivity contribution in [3.63, 3.8) is 0 Å².